The third-order valence-electron chi connectivity index (χ3n) is 5.04. The van der Waals surface area contributed by atoms with Crippen LogP contribution in [0.3, 0.4) is 0 Å². The maximum absolute atomic E-state index is 13.3. The van der Waals surface area contributed by atoms with E-state index in [2.05, 4.69) is 9.55 Å². The number of nitrogens with zero attached hydrogens (tertiary/aromatic N) is 3. The van der Waals surface area contributed by atoms with Crippen LogP contribution in [-0.4, -0.2) is 33.4 Å². The molecule has 5 heteroatoms. The Hall–Kier alpha value is -2.17. The minimum absolute atomic E-state index is 0.0262. The Labute approximate surface area is 134 Å². The van der Waals surface area contributed by atoms with E-state index in [0.29, 0.717) is 6.04 Å². The summed E-state index contributed by atoms with van der Waals surface area (Å²) in [6.07, 6.45) is 8.51. The molecule has 2 heterocycles. The second kappa shape index (κ2) is 5.80. The lowest BCUT2D eigenvalue weighted by molar-refractivity contribution is -0.134. The number of amides is 1. The molecule has 2 fully saturated rings. The molecule has 1 amide bonds. The first-order chi connectivity index (χ1) is 11.2. The Morgan fingerprint density at radius 3 is 3.04 bits per heavy atom. The summed E-state index contributed by atoms with van der Waals surface area (Å²) in [4.78, 5) is 18.8. The van der Waals surface area contributed by atoms with Gasteiger partial charge in [-0.15, -0.1) is 0 Å². The van der Waals surface area contributed by atoms with Gasteiger partial charge in [0.05, 0.1) is 12.4 Å². The molecule has 23 heavy (non-hydrogen) atoms. The Morgan fingerprint density at radius 2 is 2.26 bits per heavy atom. The fourth-order valence-electron chi connectivity index (χ4n) is 3.69. The summed E-state index contributed by atoms with van der Waals surface area (Å²) in [6, 6.07) is 6.97. The number of rotatable bonds is 3. The first-order valence-electron chi connectivity index (χ1n) is 8.24. The maximum atomic E-state index is 13.3. The summed E-state index contributed by atoms with van der Waals surface area (Å²) in [5.41, 5.74) is 0.950. The van der Waals surface area contributed by atoms with Gasteiger partial charge in [0.15, 0.2) is 0 Å². The van der Waals surface area contributed by atoms with Crippen LogP contribution in [0.4, 0.5) is 4.39 Å². The first kappa shape index (κ1) is 14.4. The molecule has 1 aromatic heterocycles. The summed E-state index contributed by atoms with van der Waals surface area (Å²) >= 11 is 0. The van der Waals surface area contributed by atoms with Gasteiger partial charge in [-0.3, -0.25) is 4.79 Å². The lowest BCUT2D eigenvalue weighted by Crippen LogP contribution is -2.41. The molecule has 1 saturated heterocycles. The van der Waals surface area contributed by atoms with Crippen molar-refractivity contribution in [2.45, 2.75) is 31.2 Å². The van der Waals surface area contributed by atoms with Crippen LogP contribution in [0.25, 0.3) is 0 Å². The lowest BCUT2D eigenvalue weighted by atomic mass is 10.0. The zero-order chi connectivity index (χ0) is 15.8. The normalized spacial score (nSPS) is 27.0. The Bertz CT molecular complexity index is 700. The van der Waals surface area contributed by atoms with Crippen molar-refractivity contribution in [2.75, 3.05) is 13.1 Å². The van der Waals surface area contributed by atoms with E-state index in [1.54, 1.807) is 18.3 Å². The van der Waals surface area contributed by atoms with Crippen LogP contribution < -0.4 is 0 Å². The number of hydrogen-bond donors (Lipinski definition) is 0. The molecule has 0 spiro atoms. The number of benzene rings is 1. The van der Waals surface area contributed by atoms with E-state index in [1.165, 1.54) is 6.07 Å². The maximum Gasteiger partial charge on any atom is 0.226 e. The molecular weight excluding hydrogens is 293 g/mol. The van der Waals surface area contributed by atoms with Gasteiger partial charge < -0.3 is 9.47 Å². The van der Waals surface area contributed by atoms with Crippen molar-refractivity contribution >= 4 is 5.91 Å². The summed E-state index contributed by atoms with van der Waals surface area (Å²) in [6.45, 7) is 1.58. The molecule has 1 saturated carbocycles. The van der Waals surface area contributed by atoms with Crippen molar-refractivity contribution in [3.05, 3.63) is 54.4 Å². The highest BCUT2D eigenvalue weighted by Gasteiger charge is 2.46. The molecule has 0 N–H and O–H groups in total. The monoisotopic (exact) mass is 313 g/mol. The van der Waals surface area contributed by atoms with Gasteiger partial charge >= 0.3 is 0 Å². The Kier molecular flexibility index (Phi) is 3.63. The zero-order valence-electron chi connectivity index (χ0n) is 12.9. The minimum atomic E-state index is -0.223. The van der Waals surface area contributed by atoms with Crippen LogP contribution in [0.15, 0.2) is 43.0 Å². The van der Waals surface area contributed by atoms with E-state index in [-0.39, 0.29) is 23.6 Å². The summed E-state index contributed by atoms with van der Waals surface area (Å²) in [5, 5.41) is 0. The Balaban J connectivity index is 1.42. The standard InChI is InChI=1S/C18H20FN3O/c19-14-4-1-3-13(9-14)16-10-17(16)18(23)21-7-2-5-15(11-21)22-8-6-20-12-22/h1,3-4,6,8-9,12,15-17H,2,5,7,10-11H2/t15-,16+,17+/m0/s1. The fourth-order valence-corrected chi connectivity index (χ4v) is 3.69. The summed E-state index contributed by atoms with van der Waals surface area (Å²) in [5.74, 6) is 0.216. The predicted octanol–water partition coefficient (Wildman–Crippen LogP) is 2.99. The topological polar surface area (TPSA) is 38.1 Å². The van der Waals surface area contributed by atoms with E-state index in [0.717, 1.165) is 37.9 Å². The number of piperidine rings is 1. The average molecular weight is 313 g/mol. The lowest BCUT2D eigenvalue weighted by Gasteiger charge is -2.33. The molecular formula is C18H20FN3O. The molecule has 120 valence electrons. The molecule has 4 nitrogen and oxygen atoms in total. The highest BCUT2D eigenvalue weighted by atomic mass is 19.1. The number of carbonyl (C=O) groups excluding carboxylic acids is 1. The van der Waals surface area contributed by atoms with E-state index < -0.39 is 0 Å². The molecule has 1 aromatic carbocycles. The second-order valence-electron chi connectivity index (χ2n) is 6.59. The number of carbonyl (C=O) groups is 1. The highest BCUT2D eigenvalue weighted by molar-refractivity contribution is 5.83. The quantitative estimate of drug-likeness (QED) is 0.874. The van der Waals surface area contributed by atoms with Crippen LogP contribution in [0.2, 0.25) is 0 Å². The molecule has 1 aliphatic heterocycles. The first-order valence-corrected chi connectivity index (χ1v) is 8.24. The van der Waals surface area contributed by atoms with Gasteiger partial charge in [-0.2, -0.15) is 0 Å². The van der Waals surface area contributed by atoms with Gasteiger partial charge in [0.1, 0.15) is 5.82 Å². The highest BCUT2D eigenvalue weighted by Crippen LogP contribution is 2.48. The smallest absolute Gasteiger partial charge is 0.226 e. The summed E-state index contributed by atoms with van der Waals surface area (Å²) < 4.78 is 15.4. The average Bonchev–Trinajstić information content (AvgIpc) is 3.19. The number of aromatic nitrogens is 2. The molecule has 2 aliphatic rings. The van der Waals surface area contributed by atoms with Crippen molar-refractivity contribution in [3.8, 4) is 0 Å². The Morgan fingerprint density at radius 1 is 1.35 bits per heavy atom. The largest absolute Gasteiger partial charge is 0.340 e. The number of imidazole rings is 1. The third kappa shape index (κ3) is 2.87. The van der Waals surface area contributed by atoms with E-state index in [4.69, 9.17) is 0 Å². The minimum Gasteiger partial charge on any atom is -0.340 e. The third-order valence-corrected chi connectivity index (χ3v) is 5.04. The van der Waals surface area contributed by atoms with Gasteiger partial charge in [-0.05, 0) is 42.9 Å². The van der Waals surface area contributed by atoms with E-state index in [1.807, 2.05) is 23.5 Å². The molecule has 1 aliphatic carbocycles. The van der Waals surface area contributed by atoms with Crippen LogP contribution >= 0.6 is 0 Å². The van der Waals surface area contributed by atoms with Crippen LogP contribution in [-0.2, 0) is 4.79 Å². The van der Waals surface area contributed by atoms with Gasteiger partial charge in [0.2, 0.25) is 5.91 Å². The van der Waals surface area contributed by atoms with Gasteiger partial charge in [-0.25, -0.2) is 9.37 Å². The molecule has 2 aromatic rings. The second-order valence-corrected chi connectivity index (χ2v) is 6.59. The zero-order valence-corrected chi connectivity index (χ0v) is 12.9. The fraction of sp³-hybridized carbons (Fsp3) is 0.444. The van der Waals surface area contributed by atoms with Crippen molar-refractivity contribution < 1.29 is 9.18 Å². The van der Waals surface area contributed by atoms with Crippen molar-refractivity contribution in [2.24, 2.45) is 5.92 Å². The number of halogens is 1. The van der Waals surface area contributed by atoms with Gasteiger partial charge in [0.25, 0.3) is 0 Å². The van der Waals surface area contributed by atoms with Gasteiger partial charge in [0, 0.05) is 31.4 Å². The predicted molar refractivity (Wildman–Crippen MR) is 84.3 cm³/mol. The van der Waals surface area contributed by atoms with Gasteiger partial charge in [-0.1, -0.05) is 12.1 Å². The van der Waals surface area contributed by atoms with Crippen LogP contribution in [0.1, 0.15) is 36.8 Å². The summed E-state index contributed by atoms with van der Waals surface area (Å²) in [7, 11) is 0. The number of likely N-dealkylation sites (tertiary alicyclic amines) is 1. The van der Waals surface area contributed by atoms with E-state index >= 15 is 0 Å². The number of hydrogen-bond acceptors (Lipinski definition) is 2. The van der Waals surface area contributed by atoms with E-state index in [9.17, 15) is 9.18 Å². The molecule has 4 rings (SSSR count). The SMILES string of the molecule is O=C([C@@H]1C[C@@H]1c1cccc(F)c1)N1CCC[C@H](n2ccnc2)C1. The van der Waals surface area contributed by atoms with Crippen molar-refractivity contribution in [3.63, 3.8) is 0 Å². The van der Waals surface area contributed by atoms with Crippen LogP contribution in [0, 0.1) is 11.7 Å². The molecule has 0 unspecified atom stereocenters. The molecule has 0 bridgehead atoms. The van der Waals surface area contributed by atoms with Crippen molar-refractivity contribution in [1.29, 1.82) is 0 Å². The molecule has 0 radical (unpaired) electrons. The van der Waals surface area contributed by atoms with Crippen LogP contribution in [0.5, 0.6) is 0 Å². The van der Waals surface area contributed by atoms with Crippen molar-refractivity contribution in [1.82, 2.24) is 14.5 Å². The molecule has 3 atom stereocenters.